The lowest BCUT2D eigenvalue weighted by molar-refractivity contribution is -0.124. The van der Waals surface area contributed by atoms with Gasteiger partial charge in [0.2, 0.25) is 0 Å². The van der Waals surface area contributed by atoms with Crippen LogP contribution in [-0.4, -0.2) is 5.78 Å². The molecule has 15 heavy (non-hydrogen) atoms. The van der Waals surface area contributed by atoms with E-state index in [1.807, 2.05) is 0 Å². The predicted molar refractivity (Wildman–Crippen MR) is 64.8 cm³/mol. The minimum Gasteiger partial charge on any atom is -0.300 e. The Morgan fingerprint density at radius 1 is 1.33 bits per heavy atom. The molecule has 88 valence electrons. The molecule has 0 heterocycles. The quantitative estimate of drug-likeness (QED) is 0.667. The van der Waals surface area contributed by atoms with Gasteiger partial charge in [0.15, 0.2) is 0 Å². The van der Waals surface area contributed by atoms with Gasteiger partial charge in [-0.15, -0.1) is 0 Å². The average molecular weight is 210 g/mol. The molecule has 0 bridgehead atoms. The minimum atomic E-state index is 0.374. The topological polar surface area (TPSA) is 17.1 Å². The van der Waals surface area contributed by atoms with E-state index in [1.165, 1.54) is 12.8 Å². The van der Waals surface area contributed by atoms with Gasteiger partial charge in [-0.05, 0) is 36.0 Å². The molecule has 0 N–H and O–H groups in total. The van der Waals surface area contributed by atoms with Crippen LogP contribution in [0, 0.1) is 16.7 Å². The highest BCUT2D eigenvalue weighted by Crippen LogP contribution is 2.43. The Balaban J connectivity index is 2.54. The molecule has 0 amide bonds. The van der Waals surface area contributed by atoms with Gasteiger partial charge >= 0.3 is 0 Å². The third-order valence-corrected chi connectivity index (χ3v) is 3.87. The first-order valence-corrected chi connectivity index (χ1v) is 6.22. The van der Waals surface area contributed by atoms with Crippen molar-refractivity contribution in [2.75, 3.05) is 0 Å². The van der Waals surface area contributed by atoms with Gasteiger partial charge in [0.25, 0.3) is 0 Å². The monoisotopic (exact) mass is 210 g/mol. The number of carbonyl (C=O) groups is 1. The van der Waals surface area contributed by atoms with Crippen molar-refractivity contribution in [1.82, 2.24) is 0 Å². The van der Waals surface area contributed by atoms with Crippen LogP contribution < -0.4 is 0 Å². The highest BCUT2D eigenvalue weighted by molar-refractivity contribution is 5.79. The van der Waals surface area contributed by atoms with Crippen LogP contribution in [0.2, 0.25) is 0 Å². The van der Waals surface area contributed by atoms with E-state index in [9.17, 15) is 4.79 Å². The van der Waals surface area contributed by atoms with Crippen LogP contribution in [0.1, 0.15) is 66.7 Å². The van der Waals surface area contributed by atoms with Crippen LogP contribution in [0.4, 0.5) is 0 Å². The first-order valence-electron chi connectivity index (χ1n) is 6.22. The number of hydrogen-bond donors (Lipinski definition) is 0. The minimum absolute atomic E-state index is 0.374. The Kier molecular flexibility index (Phi) is 3.63. The molecular weight excluding hydrogens is 184 g/mol. The lowest BCUT2D eigenvalue weighted by Crippen LogP contribution is -2.32. The molecule has 0 aromatic carbocycles. The fraction of sp³-hybridized carbons (Fsp3) is 0.929. The van der Waals surface area contributed by atoms with Crippen LogP contribution in [0.3, 0.4) is 0 Å². The van der Waals surface area contributed by atoms with Gasteiger partial charge < -0.3 is 0 Å². The first-order chi connectivity index (χ1) is 6.71. The molecule has 0 aliphatic heterocycles. The van der Waals surface area contributed by atoms with E-state index in [4.69, 9.17) is 0 Å². The molecule has 1 atom stereocenters. The fourth-order valence-corrected chi connectivity index (χ4v) is 2.42. The summed E-state index contributed by atoms with van der Waals surface area (Å²) in [5.41, 5.74) is 0.774. The lowest BCUT2D eigenvalue weighted by Gasteiger charge is -2.39. The SMILES string of the molecule is CC(C)(C)CCC1CC(=O)CCC1(C)C. The van der Waals surface area contributed by atoms with Gasteiger partial charge in [-0.25, -0.2) is 0 Å². The zero-order valence-electron chi connectivity index (χ0n) is 11.0. The summed E-state index contributed by atoms with van der Waals surface area (Å²) in [7, 11) is 0. The molecule has 0 saturated heterocycles. The van der Waals surface area contributed by atoms with Gasteiger partial charge in [0, 0.05) is 12.8 Å². The van der Waals surface area contributed by atoms with Crippen molar-refractivity contribution >= 4 is 5.78 Å². The number of ketones is 1. The first kappa shape index (κ1) is 12.7. The molecule has 0 spiro atoms. The van der Waals surface area contributed by atoms with E-state index < -0.39 is 0 Å². The Labute approximate surface area is 94.6 Å². The van der Waals surface area contributed by atoms with Gasteiger partial charge in [0.1, 0.15) is 5.78 Å². The van der Waals surface area contributed by atoms with Crippen molar-refractivity contribution < 1.29 is 4.79 Å². The van der Waals surface area contributed by atoms with Crippen molar-refractivity contribution in [2.45, 2.75) is 66.7 Å². The molecule has 1 rings (SSSR count). The van der Waals surface area contributed by atoms with E-state index in [2.05, 4.69) is 34.6 Å². The number of rotatable bonds is 2. The summed E-state index contributed by atoms with van der Waals surface area (Å²) < 4.78 is 0. The predicted octanol–water partition coefficient (Wildman–Crippen LogP) is 4.21. The van der Waals surface area contributed by atoms with E-state index in [0.717, 1.165) is 19.3 Å². The lowest BCUT2D eigenvalue weighted by atomic mass is 9.65. The molecule has 1 fully saturated rings. The summed E-state index contributed by atoms with van der Waals surface area (Å²) >= 11 is 0. The number of carbonyl (C=O) groups excluding carboxylic acids is 1. The third-order valence-electron chi connectivity index (χ3n) is 3.87. The van der Waals surface area contributed by atoms with Gasteiger partial charge in [-0.3, -0.25) is 4.79 Å². The summed E-state index contributed by atoms with van der Waals surface area (Å²) in [4.78, 5) is 11.5. The maximum Gasteiger partial charge on any atom is 0.133 e. The second-order valence-electron chi connectivity index (χ2n) is 7.03. The number of hydrogen-bond acceptors (Lipinski definition) is 1. The van der Waals surface area contributed by atoms with Crippen molar-refractivity contribution in [3.63, 3.8) is 0 Å². The Morgan fingerprint density at radius 3 is 2.47 bits per heavy atom. The standard InChI is InChI=1S/C14H26O/c1-13(2,3)8-6-11-10-12(15)7-9-14(11,4)5/h11H,6-10H2,1-5H3. The maximum absolute atomic E-state index is 11.5. The molecule has 1 aliphatic rings. The van der Waals surface area contributed by atoms with Crippen molar-refractivity contribution in [3.8, 4) is 0 Å². The maximum atomic E-state index is 11.5. The van der Waals surface area contributed by atoms with E-state index in [1.54, 1.807) is 0 Å². The molecule has 0 aromatic heterocycles. The average Bonchev–Trinajstić information content (AvgIpc) is 2.05. The van der Waals surface area contributed by atoms with Crippen molar-refractivity contribution in [1.29, 1.82) is 0 Å². The highest BCUT2D eigenvalue weighted by Gasteiger charge is 2.35. The molecule has 1 heteroatoms. The summed E-state index contributed by atoms with van der Waals surface area (Å²) in [5.74, 6) is 1.09. The summed E-state index contributed by atoms with van der Waals surface area (Å²) in [6.45, 7) is 11.5. The summed E-state index contributed by atoms with van der Waals surface area (Å²) in [5, 5.41) is 0. The van der Waals surface area contributed by atoms with Crippen LogP contribution in [0.5, 0.6) is 0 Å². The van der Waals surface area contributed by atoms with Crippen LogP contribution >= 0.6 is 0 Å². The second-order valence-corrected chi connectivity index (χ2v) is 7.03. The zero-order valence-corrected chi connectivity index (χ0v) is 11.0. The van der Waals surface area contributed by atoms with Gasteiger partial charge in [-0.2, -0.15) is 0 Å². The van der Waals surface area contributed by atoms with Crippen LogP contribution in [-0.2, 0) is 4.79 Å². The Bertz CT molecular complexity index is 232. The molecule has 1 aliphatic carbocycles. The normalized spacial score (nSPS) is 26.7. The highest BCUT2D eigenvalue weighted by atomic mass is 16.1. The smallest absolute Gasteiger partial charge is 0.133 e. The molecule has 1 nitrogen and oxygen atoms in total. The van der Waals surface area contributed by atoms with Crippen LogP contribution in [0.15, 0.2) is 0 Å². The van der Waals surface area contributed by atoms with Crippen molar-refractivity contribution in [3.05, 3.63) is 0 Å². The van der Waals surface area contributed by atoms with Gasteiger partial charge in [-0.1, -0.05) is 34.6 Å². The Morgan fingerprint density at radius 2 is 1.93 bits per heavy atom. The summed E-state index contributed by atoms with van der Waals surface area (Å²) in [6, 6.07) is 0. The second kappa shape index (κ2) is 4.27. The molecule has 0 aromatic rings. The fourth-order valence-electron chi connectivity index (χ4n) is 2.42. The zero-order chi connectivity index (χ0) is 11.7. The van der Waals surface area contributed by atoms with E-state index >= 15 is 0 Å². The molecule has 1 saturated carbocycles. The van der Waals surface area contributed by atoms with Crippen LogP contribution in [0.25, 0.3) is 0 Å². The van der Waals surface area contributed by atoms with E-state index in [-0.39, 0.29) is 0 Å². The molecule has 1 unspecified atom stereocenters. The molecule has 0 radical (unpaired) electrons. The summed E-state index contributed by atoms with van der Waals surface area (Å²) in [6.07, 6.45) is 5.15. The molecular formula is C14H26O. The van der Waals surface area contributed by atoms with E-state index in [0.29, 0.717) is 22.5 Å². The number of Topliss-reactive ketones (excluding diaryl/α,β-unsaturated/α-hetero) is 1. The Hall–Kier alpha value is -0.330. The third kappa shape index (κ3) is 3.96. The van der Waals surface area contributed by atoms with Crippen molar-refractivity contribution in [2.24, 2.45) is 16.7 Å². The largest absolute Gasteiger partial charge is 0.300 e. The van der Waals surface area contributed by atoms with Gasteiger partial charge in [0.05, 0.1) is 0 Å².